The van der Waals surface area contributed by atoms with E-state index in [4.69, 9.17) is 9.47 Å². The van der Waals surface area contributed by atoms with E-state index < -0.39 is 21.8 Å². The quantitative estimate of drug-likeness (QED) is 0.556. The summed E-state index contributed by atoms with van der Waals surface area (Å²) in [5.74, 6) is -1.26. The highest BCUT2D eigenvalue weighted by Crippen LogP contribution is 2.49. The van der Waals surface area contributed by atoms with E-state index in [-0.39, 0.29) is 33.4 Å². The van der Waals surface area contributed by atoms with Crippen LogP contribution in [0.15, 0.2) is 53.8 Å². The number of rotatable bonds is 6. The SMILES string of the molecule is COC(=O)c1cn(S(=O)(=O)c2cccnc2)c(-c2c(F)cccc2OC)c1C1CC1. The van der Waals surface area contributed by atoms with Crippen molar-refractivity contribution < 1.29 is 27.1 Å². The molecule has 2 heterocycles. The number of carbonyl (C=O) groups excluding carboxylic acids is 1. The second-order valence-corrected chi connectivity index (χ2v) is 8.69. The van der Waals surface area contributed by atoms with Gasteiger partial charge in [-0.1, -0.05) is 6.07 Å². The summed E-state index contributed by atoms with van der Waals surface area (Å²) in [4.78, 5) is 16.3. The normalized spacial score (nSPS) is 13.8. The van der Waals surface area contributed by atoms with Crippen molar-refractivity contribution in [2.45, 2.75) is 23.7 Å². The van der Waals surface area contributed by atoms with Gasteiger partial charge in [0.25, 0.3) is 10.0 Å². The molecule has 0 radical (unpaired) electrons. The number of pyridine rings is 1. The molecule has 0 saturated heterocycles. The number of ether oxygens (including phenoxy) is 2. The maximum absolute atomic E-state index is 15.0. The molecule has 0 atom stereocenters. The van der Waals surface area contributed by atoms with Gasteiger partial charge < -0.3 is 9.47 Å². The van der Waals surface area contributed by atoms with Gasteiger partial charge in [0.2, 0.25) is 0 Å². The molecule has 9 heteroatoms. The van der Waals surface area contributed by atoms with Gasteiger partial charge in [-0.05, 0) is 48.6 Å². The van der Waals surface area contributed by atoms with E-state index in [1.54, 1.807) is 6.07 Å². The number of benzene rings is 1. The van der Waals surface area contributed by atoms with Crippen molar-refractivity contribution in [2.75, 3.05) is 14.2 Å². The standard InChI is InChI=1S/C21H19FN2O5S/c1-28-17-7-3-6-16(22)19(17)20-18(13-8-9-13)15(21(25)29-2)12-24(20)30(26,27)14-5-4-10-23-11-14/h3-7,10-13H,8-9H2,1-2H3. The number of aromatic nitrogens is 2. The van der Waals surface area contributed by atoms with Gasteiger partial charge in [-0.2, -0.15) is 0 Å². The third-order valence-electron chi connectivity index (χ3n) is 5.03. The van der Waals surface area contributed by atoms with E-state index in [2.05, 4.69) is 4.98 Å². The molecule has 1 aliphatic carbocycles. The second kappa shape index (κ2) is 7.56. The van der Waals surface area contributed by atoms with Gasteiger partial charge >= 0.3 is 5.97 Å². The Morgan fingerprint density at radius 2 is 1.97 bits per heavy atom. The minimum Gasteiger partial charge on any atom is -0.496 e. The third-order valence-corrected chi connectivity index (χ3v) is 6.67. The number of carbonyl (C=O) groups is 1. The number of nitrogens with zero attached hydrogens (tertiary/aromatic N) is 2. The lowest BCUT2D eigenvalue weighted by atomic mass is 10.00. The largest absolute Gasteiger partial charge is 0.496 e. The molecule has 0 unspecified atom stereocenters. The Labute approximate surface area is 173 Å². The zero-order valence-electron chi connectivity index (χ0n) is 16.3. The molecular weight excluding hydrogens is 411 g/mol. The highest BCUT2D eigenvalue weighted by molar-refractivity contribution is 7.90. The van der Waals surface area contributed by atoms with Crippen molar-refractivity contribution in [3.8, 4) is 17.0 Å². The van der Waals surface area contributed by atoms with Crippen LogP contribution in [0.1, 0.15) is 34.7 Å². The van der Waals surface area contributed by atoms with E-state index in [1.165, 1.54) is 57.1 Å². The smallest absolute Gasteiger partial charge is 0.339 e. The first-order chi connectivity index (χ1) is 14.4. The van der Waals surface area contributed by atoms with Crippen molar-refractivity contribution in [3.05, 3.63) is 65.9 Å². The van der Waals surface area contributed by atoms with Crippen molar-refractivity contribution in [2.24, 2.45) is 0 Å². The Balaban J connectivity index is 2.11. The van der Waals surface area contributed by atoms with E-state index in [0.717, 1.165) is 16.8 Å². The lowest BCUT2D eigenvalue weighted by molar-refractivity contribution is 0.0599. The summed E-state index contributed by atoms with van der Waals surface area (Å²) in [6.07, 6.45) is 5.36. The van der Waals surface area contributed by atoms with E-state index in [9.17, 15) is 13.2 Å². The summed E-state index contributed by atoms with van der Waals surface area (Å²) >= 11 is 0. The predicted molar refractivity (Wildman–Crippen MR) is 107 cm³/mol. The topological polar surface area (TPSA) is 87.5 Å². The van der Waals surface area contributed by atoms with Gasteiger partial charge in [0.05, 0.1) is 31.0 Å². The lowest BCUT2D eigenvalue weighted by Gasteiger charge is -2.16. The molecule has 3 aromatic rings. The molecular formula is C21H19FN2O5S. The first-order valence-electron chi connectivity index (χ1n) is 9.22. The van der Waals surface area contributed by atoms with Crippen LogP contribution in [0.4, 0.5) is 4.39 Å². The summed E-state index contributed by atoms with van der Waals surface area (Å²) in [7, 11) is -1.59. The molecule has 7 nitrogen and oxygen atoms in total. The van der Waals surface area contributed by atoms with Crippen molar-refractivity contribution in [3.63, 3.8) is 0 Å². The monoisotopic (exact) mass is 430 g/mol. The third kappa shape index (κ3) is 3.24. The number of methoxy groups -OCH3 is 2. The van der Waals surface area contributed by atoms with Gasteiger partial charge in [0.1, 0.15) is 16.5 Å². The first-order valence-corrected chi connectivity index (χ1v) is 10.7. The highest BCUT2D eigenvalue weighted by atomic mass is 32.2. The summed E-state index contributed by atoms with van der Waals surface area (Å²) in [5, 5.41) is 0. The Hall–Kier alpha value is -3.20. The van der Waals surface area contributed by atoms with Gasteiger partial charge in [-0.3, -0.25) is 4.98 Å². The first kappa shape index (κ1) is 20.1. The number of halogens is 1. The Morgan fingerprint density at radius 1 is 1.20 bits per heavy atom. The van der Waals surface area contributed by atoms with Gasteiger partial charge in [-0.25, -0.2) is 21.6 Å². The molecule has 156 valence electrons. The molecule has 0 spiro atoms. The van der Waals surface area contributed by atoms with Crippen LogP contribution >= 0.6 is 0 Å². The maximum Gasteiger partial charge on any atom is 0.339 e. The Bertz CT molecular complexity index is 1220. The summed E-state index contributed by atoms with van der Waals surface area (Å²) < 4.78 is 53.1. The van der Waals surface area contributed by atoms with Crippen LogP contribution in [0.5, 0.6) is 5.75 Å². The molecule has 1 aromatic carbocycles. The highest BCUT2D eigenvalue weighted by Gasteiger charge is 2.38. The molecule has 1 fully saturated rings. The average molecular weight is 430 g/mol. The fourth-order valence-electron chi connectivity index (χ4n) is 3.51. The summed E-state index contributed by atoms with van der Waals surface area (Å²) in [6, 6.07) is 7.11. The zero-order chi connectivity index (χ0) is 21.5. The number of esters is 1. The number of hydrogen-bond acceptors (Lipinski definition) is 6. The molecule has 1 aliphatic rings. The van der Waals surface area contributed by atoms with Crippen LogP contribution < -0.4 is 4.74 Å². The van der Waals surface area contributed by atoms with Crippen LogP contribution in [0, 0.1) is 5.82 Å². The van der Waals surface area contributed by atoms with Gasteiger partial charge in [-0.15, -0.1) is 0 Å². The Kier molecular flexibility index (Phi) is 5.07. The maximum atomic E-state index is 15.0. The second-order valence-electron chi connectivity index (χ2n) is 6.88. The Morgan fingerprint density at radius 3 is 2.57 bits per heavy atom. The molecule has 1 saturated carbocycles. The van der Waals surface area contributed by atoms with Crippen LogP contribution in [0.25, 0.3) is 11.3 Å². The van der Waals surface area contributed by atoms with Crippen molar-refractivity contribution >= 4 is 16.0 Å². The van der Waals surface area contributed by atoms with Crippen LogP contribution in [0.3, 0.4) is 0 Å². The lowest BCUT2D eigenvalue weighted by Crippen LogP contribution is -2.14. The van der Waals surface area contributed by atoms with Crippen molar-refractivity contribution in [1.29, 1.82) is 0 Å². The van der Waals surface area contributed by atoms with E-state index in [0.29, 0.717) is 5.56 Å². The molecule has 0 aliphatic heterocycles. The van der Waals surface area contributed by atoms with Crippen LogP contribution in [-0.2, 0) is 14.8 Å². The van der Waals surface area contributed by atoms with E-state index >= 15 is 4.39 Å². The van der Waals surface area contributed by atoms with Gasteiger partial charge in [0.15, 0.2) is 0 Å². The molecule has 30 heavy (non-hydrogen) atoms. The number of hydrogen-bond donors (Lipinski definition) is 0. The van der Waals surface area contributed by atoms with Crippen LogP contribution in [0.2, 0.25) is 0 Å². The van der Waals surface area contributed by atoms with Crippen molar-refractivity contribution in [1.82, 2.24) is 8.96 Å². The minimum atomic E-state index is -4.18. The summed E-state index contributed by atoms with van der Waals surface area (Å²) in [5.41, 5.74) is 0.576. The van der Waals surface area contributed by atoms with Gasteiger partial charge in [0, 0.05) is 18.6 Å². The summed E-state index contributed by atoms with van der Waals surface area (Å²) in [6.45, 7) is 0. The molecule has 0 amide bonds. The zero-order valence-corrected chi connectivity index (χ0v) is 17.1. The molecule has 0 N–H and O–H groups in total. The fraction of sp³-hybridized carbons (Fsp3) is 0.238. The molecule has 0 bridgehead atoms. The fourth-order valence-corrected chi connectivity index (χ4v) is 4.85. The molecule has 2 aromatic heterocycles. The van der Waals surface area contributed by atoms with E-state index in [1.807, 2.05) is 0 Å². The van der Waals surface area contributed by atoms with Crippen LogP contribution in [-0.4, -0.2) is 37.6 Å². The molecule has 4 rings (SSSR count). The average Bonchev–Trinajstić information content (AvgIpc) is 3.52. The predicted octanol–water partition coefficient (Wildman–Crippen LogP) is 3.60. The minimum absolute atomic E-state index is 0.0236.